The van der Waals surface area contributed by atoms with E-state index in [1.165, 1.54) is 13.8 Å². The lowest BCUT2D eigenvalue weighted by atomic mass is 10.0. The van der Waals surface area contributed by atoms with Gasteiger partial charge in [-0.25, -0.2) is 4.79 Å². The molecule has 0 amide bonds. The fourth-order valence-corrected chi connectivity index (χ4v) is 0.761. The van der Waals surface area contributed by atoms with E-state index in [0.29, 0.717) is 0 Å². The van der Waals surface area contributed by atoms with Crippen LogP contribution in [0.25, 0.3) is 0 Å². The van der Waals surface area contributed by atoms with Crippen LogP contribution in [0.2, 0.25) is 0 Å². The Labute approximate surface area is 72.8 Å². The van der Waals surface area contributed by atoms with Gasteiger partial charge >= 0.3 is 5.97 Å². The van der Waals surface area contributed by atoms with E-state index in [-0.39, 0.29) is 0 Å². The number of carbonyl (C=O) groups excluding carboxylic acids is 2. The van der Waals surface area contributed by atoms with Crippen molar-refractivity contribution in [2.24, 2.45) is 11.3 Å². The van der Waals surface area contributed by atoms with E-state index < -0.39 is 23.5 Å². The molecule has 7 heteroatoms. The fourth-order valence-electron chi connectivity index (χ4n) is 0.761. The maximum atomic E-state index is 11.2. The molecule has 0 aromatic heterocycles. The molecule has 7 nitrogen and oxygen atoms in total. The second kappa shape index (κ2) is 3.19. The van der Waals surface area contributed by atoms with Crippen LogP contribution in [0.1, 0.15) is 13.8 Å². The molecule has 1 unspecified atom stereocenters. The molecule has 1 aliphatic heterocycles. The molecule has 0 bridgehead atoms. The summed E-state index contributed by atoms with van der Waals surface area (Å²) in [6.07, 6.45) is 0. The maximum Gasteiger partial charge on any atom is 0.348 e. The number of hydrogen-bond acceptors (Lipinski definition) is 7. The molecule has 1 fully saturated rings. The monoisotopic (exact) mass is 189 g/mol. The van der Waals surface area contributed by atoms with Crippen LogP contribution in [-0.2, 0) is 24.2 Å². The van der Waals surface area contributed by atoms with Crippen molar-refractivity contribution >= 4 is 11.8 Å². The summed E-state index contributed by atoms with van der Waals surface area (Å²) in [4.78, 5) is 44.0. The molecule has 1 saturated heterocycles. The minimum Gasteiger partial charge on any atom is -0.292 e. The van der Waals surface area contributed by atoms with Gasteiger partial charge in [0.25, 0.3) is 5.79 Å². The first-order valence-corrected chi connectivity index (χ1v) is 3.46. The third-order valence-electron chi connectivity index (χ3n) is 1.65. The minimum atomic E-state index is -1.37. The number of nitrogens with zero attached hydrogens (tertiary/aromatic N) is 1. The van der Waals surface area contributed by atoms with Gasteiger partial charge in [0.15, 0.2) is 5.34 Å². The van der Waals surface area contributed by atoms with Crippen LogP contribution in [0, 0.1) is 10.8 Å². The van der Waals surface area contributed by atoms with Crippen molar-refractivity contribution < 1.29 is 24.2 Å². The van der Waals surface area contributed by atoms with Crippen molar-refractivity contribution in [1.82, 2.24) is 0 Å². The molecule has 1 aliphatic rings. The summed E-state index contributed by atoms with van der Waals surface area (Å²) in [7, 11) is 0. The average Bonchev–Trinajstić information content (AvgIpc) is 2.83. The van der Waals surface area contributed by atoms with E-state index >= 15 is 0 Å². The summed E-state index contributed by atoms with van der Waals surface area (Å²) in [5.41, 5.74) is 0. The molecule has 0 N–H and O–H groups in total. The Hall–Kier alpha value is -1.34. The summed E-state index contributed by atoms with van der Waals surface area (Å²) in [5.74, 6) is -4.15. The molecule has 13 heavy (non-hydrogen) atoms. The van der Waals surface area contributed by atoms with E-state index in [4.69, 9.17) is 0 Å². The molecule has 1 rings (SSSR count). The molecule has 1 atom stereocenters. The van der Waals surface area contributed by atoms with Crippen LogP contribution in [-0.4, -0.2) is 17.5 Å². The Morgan fingerprint density at radius 2 is 2.00 bits per heavy atom. The summed E-state index contributed by atoms with van der Waals surface area (Å²) < 4.78 is 0. The molecule has 0 aromatic carbocycles. The molecule has 0 aliphatic carbocycles. The predicted molar refractivity (Wildman–Crippen MR) is 36.6 cm³/mol. The zero-order chi connectivity index (χ0) is 10.1. The highest BCUT2D eigenvalue weighted by Gasteiger charge is 2.54. The highest BCUT2D eigenvalue weighted by molar-refractivity contribution is 6.02. The molecule has 0 spiro atoms. The normalized spacial score (nSPS) is 20.2. The van der Waals surface area contributed by atoms with E-state index in [2.05, 4.69) is 14.6 Å². The first-order chi connectivity index (χ1) is 6.01. The van der Waals surface area contributed by atoms with Crippen LogP contribution in [0.5, 0.6) is 0 Å². The van der Waals surface area contributed by atoms with Gasteiger partial charge in [0.1, 0.15) is 5.92 Å². The SMILES string of the molecule is CC(C(=O)ON=O)C(=O)C1(C)OO1. The first-order valence-electron chi connectivity index (χ1n) is 3.46. The van der Waals surface area contributed by atoms with Gasteiger partial charge in [-0.3, -0.25) is 9.63 Å². The quantitative estimate of drug-likeness (QED) is 0.204. The standard InChI is InChI=1S/C6H7NO6/c1-3(5(9)11-7-10)4(8)6(2)12-13-6/h3H,1-2H3. The molecule has 1 heterocycles. The largest absolute Gasteiger partial charge is 0.348 e. The maximum absolute atomic E-state index is 11.2. The third-order valence-corrected chi connectivity index (χ3v) is 1.65. The van der Waals surface area contributed by atoms with Gasteiger partial charge in [-0.2, -0.15) is 9.78 Å². The third kappa shape index (κ3) is 1.87. The minimum absolute atomic E-state index is 0.610. The summed E-state index contributed by atoms with van der Waals surface area (Å²) >= 11 is 0. The van der Waals surface area contributed by atoms with Gasteiger partial charge in [0, 0.05) is 6.92 Å². The van der Waals surface area contributed by atoms with E-state index in [1.54, 1.807) is 0 Å². The van der Waals surface area contributed by atoms with Crippen LogP contribution < -0.4 is 0 Å². The van der Waals surface area contributed by atoms with Crippen LogP contribution in [0.3, 0.4) is 0 Å². The number of rotatable bonds is 4. The van der Waals surface area contributed by atoms with Crippen molar-refractivity contribution in [1.29, 1.82) is 0 Å². The van der Waals surface area contributed by atoms with Crippen molar-refractivity contribution in [2.45, 2.75) is 19.6 Å². The highest BCUT2D eigenvalue weighted by atomic mass is 17.4. The van der Waals surface area contributed by atoms with Crippen LogP contribution >= 0.6 is 0 Å². The fraction of sp³-hybridized carbons (Fsp3) is 0.667. The lowest BCUT2D eigenvalue weighted by Crippen LogP contribution is -2.32. The zero-order valence-electron chi connectivity index (χ0n) is 6.97. The average molecular weight is 189 g/mol. The zero-order valence-corrected chi connectivity index (χ0v) is 6.97. The number of carbonyl (C=O) groups is 2. The summed E-state index contributed by atoms with van der Waals surface area (Å²) in [5, 5.41) is 1.91. The van der Waals surface area contributed by atoms with Crippen LogP contribution in [0.15, 0.2) is 5.34 Å². The van der Waals surface area contributed by atoms with Gasteiger partial charge in [0.05, 0.1) is 0 Å². The lowest BCUT2D eigenvalue weighted by molar-refractivity contribution is -0.153. The van der Waals surface area contributed by atoms with Crippen molar-refractivity contribution in [3.63, 3.8) is 0 Å². The van der Waals surface area contributed by atoms with E-state index in [0.717, 1.165) is 0 Å². The van der Waals surface area contributed by atoms with Gasteiger partial charge in [-0.1, -0.05) is 0 Å². The van der Waals surface area contributed by atoms with Gasteiger partial charge < -0.3 is 0 Å². The van der Waals surface area contributed by atoms with E-state index in [9.17, 15) is 14.5 Å². The topological polar surface area (TPSA) is 97.9 Å². The number of Topliss-reactive ketones (excluding diaryl/α,β-unsaturated/α-hetero) is 1. The second-order valence-electron chi connectivity index (χ2n) is 2.68. The Bertz CT molecular complexity index is 258. The van der Waals surface area contributed by atoms with Crippen molar-refractivity contribution in [3.8, 4) is 0 Å². The summed E-state index contributed by atoms with van der Waals surface area (Å²) in [6.45, 7) is 2.62. The molecule has 0 radical (unpaired) electrons. The smallest absolute Gasteiger partial charge is 0.292 e. The molecular formula is C6H7NO6. The van der Waals surface area contributed by atoms with E-state index in [1.807, 2.05) is 5.34 Å². The second-order valence-corrected chi connectivity index (χ2v) is 2.68. The Kier molecular flexibility index (Phi) is 2.39. The number of hydrogen-bond donors (Lipinski definition) is 0. The molecule has 0 aromatic rings. The summed E-state index contributed by atoms with van der Waals surface area (Å²) in [6, 6.07) is 0. The van der Waals surface area contributed by atoms with Gasteiger partial charge in [-0.15, -0.1) is 4.91 Å². The number of ketones is 1. The first kappa shape index (κ1) is 9.75. The molecule has 72 valence electrons. The van der Waals surface area contributed by atoms with Crippen molar-refractivity contribution in [3.05, 3.63) is 4.91 Å². The predicted octanol–water partition coefficient (Wildman–Crippen LogP) is 0.0942. The van der Waals surface area contributed by atoms with Crippen molar-refractivity contribution in [2.75, 3.05) is 0 Å². The molecular weight excluding hydrogens is 182 g/mol. The van der Waals surface area contributed by atoms with Gasteiger partial charge in [-0.05, 0) is 6.92 Å². The van der Waals surface area contributed by atoms with Gasteiger partial charge in [0.2, 0.25) is 5.78 Å². The highest BCUT2D eigenvalue weighted by Crippen LogP contribution is 2.32. The Morgan fingerprint density at radius 3 is 2.38 bits per heavy atom. The Morgan fingerprint density at radius 1 is 1.46 bits per heavy atom. The lowest BCUT2D eigenvalue weighted by Gasteiger charge is -2.05. The Balaban J connectivity index is 2.56. The molecule has 0 saturated carbocycles. The van der Waals surface area contributed by atoms with Crippen LogP contribution in [0.4, 0.5) is 0 Å².